The lowest BCUT2D eigenvalue weighted by Gasteiger charge is -2.38. The first-order chi connectivity index (χ1) is 13.5. The highest BCUT2D eigenvalue weighted by molar-refractivity contribution is 5.81. The molecule has 0 aliphatic carbocycles. The molecule has 0 saturated carbocycles. The summed E-state index contributed by atoms with van der Waals surface area (Å²) in [5, 5.41) is 9.21. The van der Waals surface area contributed by atoms with E-state index in [1.165, 1.54) is 0 Å². The molecule has 2 heterocycles. The number of carboxylic acid groups (broad SMARTS) is 1. The van der Waals surface area contributed by atoms with Gasteiger partial charge in [0, 0.05) is 45.7 Å². The lowest BCUT2D eigenvalue weighted by molar-refractivity contribution is -0.147. The van der Waals surface area contributed by atoms with Crippen molar-refractivity contribution in [1.29, 1.82) is 0 Å². The summed E-state index contributed by atoms with van der Waals surface area (Å²) in [5.41, 5.74) is 1.08. The van der Waals surface area contributed by atoms with Gasteiger partial charge in [-0.25, -0.2) is 4.79 Å². The number of piperidine rings is 2. The number of amides is 3. The van der Waals surface area contributed by atoms with Crippen LogP contribution in [0, 0.1) is 11.8 Å². The highest BCUT2D eigenvalue weighted by atomic mass is 16.4. The molecule has 2 aliphatic rings. The van der Waals surface area contributed by atoms with Gasteiger partial charge in [-0.05, 0) is 31.2 Å². The fraction of sp³-hybridized carbons (Fsp3) is 0.571. The van der Waals surface area contributed by atoms with Gasteiger partial charge in [0.25, 0.3) is 0 Å². The molecule has 152 valence electrons. The summed E-state index contributed by atoms with van der Waals surface area (Å²) < 4.78 is 0. The number of carboxylic acids is 1. The number of hydrogen-bond donors (Lipinski definition) is 1. The number of carbonyl (C=O) groups is 3. The topological polar surface area (TPSA) is 81.2 Å². The molecule has 2 fully saturated rings. The SMILES string of the molecule is CN(Cc1ccccc1)C(=O)N1CCC(C(=O)N2CCCC(C(=O)O)C2)CC1. The lowest BCUT2D eigenvalue weighted by atomic mass is 9.92. The molecule has 7 heteroatoms. The van der Waals surface area contributed by atoms with Crippen molar-refractivity contribution in [3.63, 3.8) is 0 Å². The van der Waals surface area contributed by atoms with Crippen LogP contribution in [-0.2, 0) is 16.1 Å². The zero-order chi connectivity index (χ0) is 20.1. The van der Waals surface area contributed by atoms with E-state index in [1.54, 1.807) is 16.8 Å². The number of urea groups is 1. The Morgan fingerprint density at radius 2 is 1.68 bits per heavy atom. The summed E-state index contributed by atoms with van der Waals surface area (Å²) in [6.07, 6.45) is 2.65. The largest absolute Gasteiger partial charge is 0.481 e. The molecule has 2 saturated heterocycles. The predicted molar refractivity (Wildman–Crippen MR) is 105 cm³/mol. The highest BCUT2D eigenvalue weighted by Crippen LogP contribution is 2.24. The fourth-order valence-corrected chi connectivity index (χ4v) is 4.12. The first-order valence-corrected chi connectivity index (χ1v) is 10.0. The van der Waals surface area contributed by atoms with Gasteiger partial charge in [0.2, 0.25) is 5.91 Å². The summed E-state index contributed by atoms with van der Waals surface area (Å²) >= 11 is 0. The van der Waals surface area contributed by atoms with Gasteiger partial charge >= 0.3 is 12.0 Å². The van der Waals surface area contributed by atoms with Crippen molar-refractivity contribution in [2.24, 2.45) is 11.8 Å². The van der Waals surface area contributed by atoms with Crippen molar-refractivity contribution >= 4 is 17.9 Å². The summed E-state index contributed by atoms with van der Waals surface area (Å²) in [6, 6.07) is 9.85. The number of rotatable bonds is 4. The Morgan fingerprint density at radius 3 is 2.32 bits per heavy atom. The molecule has 1 atom stereocenters. The van der Waals surface area contributed by atoms with E-state index in [-0.39, 0.29) is 17.9 Å². The quantitative estimate of drug-likeness (QED) is 0.859. The van der Waals surface area contributed by atoms with E-state index < -0.39 is 11.9 Å². The molecule has 0 spiro atoms. The average Bonchev–Trinajstić information content (AvgIpc) is 2.73. The van der Waals surface area contributed by atoms with Gasteiger partial charge < -0.3 is 19.8 Å². The predicted octanol–water partition coefficient (Wildman–Crippen LogP) is 2.27. The maximum atomic E-state index is 12.8. The van der Waals surface area contributed by atoms with Crippen LogP contribution in [0.15, 0.2) is 30.3 Å². The molecule has 0 radical (unpaired) electrons. The molecule has 0 aromatic heterocycles. The molecule has 28 heavy (non-hydrogen) atoms. The Kier molecular flexibility index (Phi) is 6.54. The van der Waals surface area contributed by atoms with Gasteiger partial charge in [-0.3, -0.25) is 9.59 Å². The second kappa shape index (κ2) is 9.08. The van der Waals surface area contributed by atoms with Crippen LogP contribution in [0.2, 0.25) is 0 Å². The van der Waals surface area contributed by atoms with Crippen LogP contribution in [0.25, 0.3) is 0 Å². The molecule has 7 nitrogen and oxygen atoms in total. The number of hydrogen-bond acceptors (Lipinski definition) is 3. The molecular formula is C21H29N3O4. The van der Waals surface area contributed by atoms with Gasteiger partial charge in [0.1, 0.15) is 0 Å². The number of nitrogens with zero attached hydrogens (tertiary/aromatic N) is 3. The second-order valence-corrected chi connectivity index (χ2v) is 7.85. The van der Waals surface area contributed by atoms with Crippen LogP contribution in [0.3, 0.4) is 0 Å². The minimum absolute atomic E-state index is 0.0151. The molecule has 2 aliphatic heterocycles. The Bertz CT molecular complexity index is 701. The van der Waals surface area contributed by atoms with Crippen molar-refractivity contribution in [1.82, 2.24) is 14.7 Å². The second-order valence-electron chi connectivity index (χ2n) is 7.85. The summed E-state index contributed by atoms with van der Waals surface area (Å²) in [4.78, 5) is 41.9. The van der Waals surface area contributed by atoms with Crippen LogP contribution in [0.5, 0.6) is 0 Å². The summed E-state index contributed by atoms with van der Waals surface area (Å²) in [7, 11) is 1.80. The lowest BCUT2D eigenvalue weighted by Crippen LogP contribution is -2.49. The number of carbonyl (C=O) groups excluding carboxylic acids is 2. The van der Waals surface area contributed by atoms with Crippen molar-refractivity contribution in [2.75, 3.05) is 33.2 Å². The van der Waals surface area contributed by atoms with Crippen molar-refractivity contribution in [3.05, 3.63) is 35.9 Å². The zero-order valence-corrected chi connectivity index (χ0v) is 16.4. The van der Waals surface area contributed by atoms with Gasteiger partial charge in [0.15, 0.2) is 0 Å². The molecule has 1 unspecified atom stereocenters. The van der Waals surface area contributed by atoms with E-state index in [0.717, 1.165) is 12.0 Å². The molecule has 1 N–H and O–H groups in total. The average molecular weight is 387 g/mol. The molecular weight excluding hydrogens is 358 g/mol. The van der Waals surface area contributed by atoms with Gasteiger partial charge in [-0.15, -0.1) is 0 Å². The Morgan fingerprint density at radius 1 is 1.00 bits per heavy atom. The van der Waals surface area contributed by atoms with Gasteiger partial charge in [-0.2, -0.15) is 0 Å². The Balaban J connectivity index is 1.49. The normalized spacial score (nSPS) is 20.7. The van der Waals surface area contributed by atoms with Gasteiger partial charge in [-0.1, -0.05) is 30.3 Å². The third-order valence-electron chi connectivity index (χ3n) is 5.79. The smallest absolute Gasteiger partial charge is 0.320 e. The first kappa shape index (κ1) is 20.2. The minimum atomic E-state index is -0.820. The number of aliphatic carboxylic acids is 1. The van der Waals surface area contributed by atoms with E-state index >= 15 is 0 Å². The van der Waals surface area contributed by atoms with Crippen LogP contribution in [-0.4, -0.2) is 70.9 Å². The Hall–Kier alpha value is -2.57. The molecule has 1 aromatic rings. The van der Waals surface area contributed by atoms with E-state index in [0.29, 0.717) is 52.0 Å². The van der Waals surface area contributed by atoms with Crippen LogP contribution in [0.4, 0.5) is 4.79 Å². The van der Waals surface area contributed by atoms with Crippen molar-refractivity contribution < 1.29 is 19.5 Å². The van der Waals surface area contributed by atoms with E-state index in [1.807, 2.05) is 35.2 Å². The van der Waals surface area contributed by atoms with E-state index in [4.69, 9.17) is 0 Å². The van der Waals surface area contributed by atoms with Gasteiger partial charge in [0.05, 0.1) is 5.92 Å². The third-order valence-corrected chi connectivity index (χ3v) is 5.79. The molecule has 3 amide bonds. The van der Waals surface area contributed by atoms with E-state index in [2.05, 4.69) is 0 Å². The maximum Gasteiger partial charge on any atom is 0.320 e. The maximum absolute atomic E-state index is 12.8. The van der Waals surface area contributed by atoms with Crippen molar-refractivity contribution in [3.8, 4) is 0 Å². The summed E-state index contributed by atoms with van der Waals surface area (Å²) in [5.74, 6) is -1.34. The molecule has 3 rings (SSSR count). The van der Waals surface area contributed by atoms with Crippen LogP contribution in [0.1, 0.15) is 31.2 Å². The monoisotopic (exact) mass is 387 g/mol. The zero-order valence-electron chi connectivity index (χ0n) is 16.4. The van der Waals surface area contributed by atoms with Crippen molar-refractivity contribution in [2.45, 2.75) is 32.2 Å². The number of likely N-dealkylation sites (tertiary alicyclic amines) is 2. The summed E-state index contributed by atoms with van der Waals surface area (Å²) in [6.45, 7) is 2.63. The molecule has 1 aromatic carbocycles. The molecule has 0 bridgehead atoms. The third kappa shape index (κ3) is 4.82. The minimum Gasteiger partial charge on any atom is -0.481 e. The number of benzene rings is 1. The first-order valence-electron chi connectivity index (χ1n) is 10.0. The van der Waals surface area contributed by atoms with Crippen LogP contribution < -0.4 is 0 Å². The Labute approximate surface area is 165 Å². The highest BCUT2D eigenvalue weighted by Gasteiger charge is 2.34. The fourth-order valence-electron chi connectivity index (χ4n) is 4.12. The standard InChI is InChI=1S/C21H29N3O4/c1-22(14-16-6-3-2-4-7-16)21(28)23-12-9-17(10-13-23)19(25)24-11-5-8-18(15-24)20(26)27/h2-4,6-7,17-18H,5,8-15H2,1H3,(H,26,27). The van der Waals surface area contributed by atoms with E-state index in [9.17, 15) is 19.5 Å². The van der Waals surface area contributed by atoms with Crippen LogP contribution >= 0.6 is 0 Å².